The summed E-state index contributed by atoms with van der Waals surface area (Å²) in [6.07, 6.45) is 0.534. The van der Waals surface area contributed by atoms with E-state index in [0.29, 0.717) is 12.8 Å². The van der Waals surface area contributed by atoms with E-state index < -0.39 is 54.4 Å². The molecule has 0 aromatic rings. The Labute approximate surface area is 170 Å². The van der Waals surface area contributed by atoms with E-state index in [0.717, 1.165) is 0 Å². The van der Waals surface area contributed by atoms with E-state index in [1.54, 1.807) is 0 Å². The van der Waals surface area contributed by atoms with Crippen molar-refractivity contribution in [1.82, 2.24) is 16.0 Å². The minimum absolute atomic E-state index is 0.0256. The fourth-order valence-electron chi connectivity index (χ4n) is 1.96. The minimum Gasteiger partial charge on any atom is -0.480 e. The van der Waals surface area contributed by atoms with Gasteiger partial charge in [0.15, 0.2) is 0 Å². The molecule has 0 aromatic heterocycles. The van der Waals surface area contributed by atoms with Gasteiger partial charge in [0.05, 0.1) is 0 Å². The molecule has 1 aliphatic rings. The monoisotopic (exact) mass is 436 g/mol. The summed E-state index contributed by atoms with van der Waals surface area (Å²) in [4.78, 5) is 64.3. The Balaban J connectivity index is 0.000000717. The van der Waals surface area contributed by atoms with E-state index in [9.17, 15) is 28.8 Å². The molecule has 0 saturated carbocycles. The van der Waals surface area contributed by atoms with Crippen molar-refractivity contribution in [2.24, 2.45) is 5.73 Å². The molecule has 2 unspecified atom stereocenters. The van der Waals surface area contributed by atoms with Crippen molar-refractivity contribution in [1.29, 1.82) is 0 Å². The highest BCUT2D eigenvalue weighted by Crippen LogP contribution is 2.05. The van der Waals surface area contributed by atoms with Crippen LogP contribution in [0.5, 0.6) is 0 Å². The van der Waals surface area contributed by atoms with Gasteiger partial charge >= 0.3 is 17.9 Å². The molecule has 3 atom stereocenters. The number of carboxylic acid groups (broad SMARTS) is 3. The zero-order valence-corrected chi connectivity index (χ0v) is 16.2. The van der Waals surface area contributed by atoms with Crippen LogP contribution < -0.4 is 21.7 Å². The third-order valence-corrected chi connectivity index (χ3v) is 3.91. The molecule has 1 fully saturated rings. The number of amides is 3. The summed E-state index contributed by atoms with van der Waals surface area (Å²) in [5.74, 6) is -4.81. The lowest BCUT2D eigenvalue weighted by Crippen LogP contribution is -2.49. The smallest absolute Gasteiger partial charge is 0.326 e. The van der Waals surface area contributed by atoms with Gasteiger partial charge in [0.1, 0.15) is 24.7 Å². The topological polar surface area (TPSA) is 225 Å². The lowest BCUT2D eigenvalue weighted by atomic mass is 10.1. The molecular weight excluding hydrogens is 412 g/mol. The Morgan fingerprint density at radius 2 is 1.83 bits per heavy atom. The van der Waals surface area contributed by atoms with Crippen LogP contribution in [0.2, 0.25) is 0 Å². The van der Waals surface area contributed by atoms with E-state index in [4.69, 9.17) is 21.1 Å². The van der Waals surface area contributed by atoms with Crippen LogP contribution in [0.25, 0.3) is 0 Å². The van der Waals surface area contributed by atoms with Crippen molar-refractivity contribution in [2.75, 3.05) is 12.3 Å². The van der Waals surface area contributed by atoms with Crippen LogP contribution in [0.3, 0.4) is 0 Å². The zero-order chi connectivity index (χ0) is 22.6. The fourth-order valence-corrected chi connectivity index (χ4v) is 2.21. The van der Waals surface area contributed by atoms with E-state index in [-0.39, 0.29) is 24.5 Å². The molecule has 1 heterocycles. The third-order valence-electron chi connectivity index (χ3n) is 3.54. The molecule has 0 aromatic carbocycles. The quantitative estimate of drug-likeness (QED) is 0.163. The Morgan fingerprint density at radius 3 is 2.21 bits per heavy atom. The van der Waals surface area contributed by atoms with Gasteiger partial charge in [-0.2, -0.15) is 12.6 Å². The first-order valence-corrected chi connectivity index (χ1v) is 9.01. The van der Waals surface area contributed by atoms with Crippen LogP contribution in [0.1, 0.15) is 25.7 Å². The Hall–Kier alpha value is -2.87. The molecule has 3 amide bonds. The van der Waals surface area contributed by atoms with Crippen LogP contribution >= 0.6 is 12.6 Å². The van der Waals surface area contributed by atoms with E-state index in [1.807, 2.05) is 0 Å². The second-order valence-electron chi connectivity index (χ2n) is 5.89. The van der Waals surface area contributed by atoms with Crippen molar-refractivity contribution in [3.63, 3.8) is 0 Å². The van der Waals surface area contributed by atoms with Crippen LogP contribution in [0, 0.1) is 0 Å². The van der Waals surface area contributed by atoms with E-state index in [2.05, 4.69) is 28.6 Å². The highest BCUT2D eigenvalue weighted by atomic mass is 32.1. The Morgan fingerprint density at radius 1 is 1.21 bits per heavy atom. The largest absolute Gasteiger partial charge is 0.480 e. The molecule has 29 heavy (non-hydrogen) atoms. The van der Waals surface area contributed by atoms with Gasteiger partial charge in [0, 0.05) is 18.6 Å². The molecule has 0 radical (unpaired) electrons. The summed E-state index contributed by atoms with van der Waals surface area (Å²) >= 11 is 3.87. The fraction of sp³-hybridized carbons (Fsp3) is 0.600. The van der Waals surface area contributed by atoms with E-state index >= 15 is 0 Å². The summed E-state index contributed by atoms with van der Waals surface area (Å²) in [7, 11) is 0. The summed E-state index contributed by atoms with van der Waals surface area (Å²) in [6, 6.07) is -2.79. The lowest BCUT2D eigenvalue weighted by Gasteiger charge is -2.16. The van der Waals surface area contributed by atoms with Crippen LogP contribution in [-0.4, -0.2) is 81.4 Å². The minimum atomic E-state index is -1.22. The first-order valence-electron chi connectivity index (χ1n) is 8.38. The first kappa shape index (κ1) is 26.1. The summed E-state index contributed by atoms with van der Waals surface area (Å²) < 4.78 is 0. The number of hydrogen-bond acceptors (Lipinski definition) is 8. The molecule has 13 nitrogen and oxygen atoms in total. The van der Waals surface area contributed by atoms with Crippen LogP contribution in [0.15, 0.2) is 0 Å². The van der Waals surface area contributed by atoms with Gasteiger partial charge in [-0.3, -0.25) is 24.0 Å². The Kier molecular flexibility index (Phi) is 12.0. The number of carboxylic acids is 3. The highest BCUT2D eigenvalue weighted by Gasteiger charge is 2.26. The molecule has 164 valence electrons. The molecule has 8 N–H and O–H groups in total. The number of aliphatic carboxylic acids is 3. The molecule has 1 rings (SSSR count). The number of carbonyl (C=O) groups excluding carboxylic acids is 3. The van der Waals surface area contributed by atoms with Crippen molar-refractivity contribution in [2.45, 2.75) is 43.8 Å². The maximum Gasteiger partial charge on any atom is 0.326 e. The third kappa shape index (κ3) is 11.5. The normalized spacial score (nSPS) is 17.0. The van der Waals surface area contributed by atoms with Gasteiger partial charge in [0.2, 0.25) is 17.7 Å². The van der Waals surface area contributed by atoms with Gasteiger partial charge in [-0.15, -0.1) is 0 Å². The van der Waals surface area contributed by atoms with Crippen molar-refractivity contribution in [3.05, 3.63) is 0 Å². The molecular formula is C15H24N4O9S. The standard InChI is InChI=1S/C10H17N3O6S.C5H7NO3/c11-5(10(18)19)1-2-7(14)13-6(4-20)9(17)12-3-8(15)16;7-4-2-1-3(6-4)5(8)9/h5-6,20H,1-4,11H2,(H,12,17)(H,13,14)(H,15,16)(H,18,19);3H,1-2H2,(H,6,7)(H,8,9)/t;3-/m.0/s1. The van der Waals surface area contributed by atoms with Crippen molar-refractivity contribution < 1.29 is 44.1 Å². The van der Waals surface area contributed by atoms with Gasteiger partial charge in [-0.1, -0.05) is 0 Å². The number of hydrogen-bond donors (Lipinski definition) is 8. The zero-order valence-electron chi connectivity index (χ0n) is 15.3. The number of nitrogens with two attached hydrogens (primary N) is 1. The average Bonchev–Trinajstić information content (AvgIpc) is 3.09. The predicted molar refractivity (Wildman–Crippen MR) is 100 cm³/mol. The molecule has 0 aliphatic carbocycles. The van der Waals surface area contributed by atoms with Crippen molar-refractivity contribution >= 4 is 48.3 Å². The number of thiol groups is 1. The molecule has 14 heteroatoms. The number of rotatable bonds is 10. The number of nitrogens with one attached hydrogen (secondary N) is 3. The predicted octanol–water partition coefficient (Wildman–Crippen LogP) is -2.86. The van der Waals surface area contributed by atoms with Crippen LogP contribution in [0.4, 0.5) is 0 Å². The highest BCUT2D eigenvalue weighted by molar-refractivity contribution is 7.80. The SMILES string of the molecule is NC(CCC(=O)NC(CS)C(=O)NCC(=O)O)C(=O)O.O=C1CC[C@@H](C(=O)O)N1. The number of carbonyl (C=O) groups is 6. The summed E-state index contributed by atoms with van der Waals surface area (Å²) in [5, 5.41) is 32.0. The van der Waals surface area contributed by atoms with Gasteiger partial charge in [-0.25, -0.2) is 4.79 Å². The van der Waals surface area contributed by atoms with E-state index in [1.165, 1.54) is 0 Å². The first-order chi connectivity index (χ1) is 13.5. The van der Waals surface area contributed by atoms with Gasteiger partial charge in [0.25, 0.3) is 0 Å². The maximum atomic E-state index is 11.5. The lowest BCUT2D eigenvalue weighted by molar-refractivity contribution is -0.140. The average molecular weight is 436 g/mol. The molecule has 0 spiro atoms. The molecule has 1 saturated heterocycles. The second-order valence-corrected chi connectivity index (χ2v) is 6.26. The van der Waals surface area contributed by atoms with Gasteiger partial charge in [-0.05, 0) is 12.8 Å². The molecule has 1 aliphatic heterocycles. The summed E-state index contributed by atoms with van der Waals surface area (Å²) in [6.45, 7) is -0.567. The maximum absolute atomic E-state index is 11.5. The van der Waals surface area contributed by atoms with Crippen LogP contribution in [-0.2, 0) is 28.8 Å². The van der Waals surface area contributed by atoms with Crippen molar-refractivity contribution in [3.8, 4) is 0 Å². The summed E-state index contributed by atoms with van der Waals surface area (Å²) in [5.41, 5.74) is 5.23. The molecule has 0 bridgehead atoms. The van der Waals surface area contributed by atoms with Gasteiger partial charge < -0.3 is 37.0 Å². The second kappa shape index (κ2) is 13.3. The Bertz CT molecular complexity index is 643.